The highest BCUT2D eigenvalue weighted by molar-refractivity contribution is 9.10. The Morgan fingerprint density at radius 3 is 2.50 bits per heavy atom. The molecule has 0 aliphatic carbocycles. The van der Waals surface area contributed by atoms with Crippen LogP contribution in [-0.2, 0) is 0 Å². The quantitative estimate of drug-likeness (QED) is 0.913. The third-order valence-electron chi connectivity index (χ3n) is 1.72. The van der Waals surface area contributed by atoms with Gasteiger partial charge in [-0.25, -0.2) is 0 Å². The average Bonchev–Trinajstić information content (AvgIpc) is 2.46. The topological polar surface area (TPSA) is 25.2 Å². The zero-order chi connectivity index (χ0) is 10.8. The molecule has 0 aliphatic rings. The molecule has 1 heterocycles. The predicted octanol–water partition coefficient (Wildman–Crippen LogP) is 3.26. The van der Waals surface area contributed by atoms with Crippen molar-refractivity contribution in [2.24, 2.45) is 0 Å². The molecule has 0 bridgehead atoms. The minimum atomic E-state index is -4.20. The average molecular weight is 272 g/mol. The van der Waals surface area contributed by atoms with Crippen molar-refractivity contribution in [2.75, 3.05) is 7.05 Å². The summed E-state index contributed by atoms with van der Waals surface area (Å²) in [5.41, 5.74) is 0. The molecule has 0 aromatic carbocycles. The Hall–Kier alpha value is -0.490. The number of alkyl halides is 3. The minimum absolute atomic E-state index is 0.275. The van der Waals surface area contributed by atoms with Gasteiger partial charge in [0, 0.05) is 0 Å². The molecule has 0 saturated heterocycles. The van der Waals surface area contributed by atoms with Crippen LogP contribution in [-0.4, -0.2) is 13.2 Å². The Kier molecular flexibility index (Phi) is 3.60. The molecule has 2 nitrogen and oxygen atoms in total. The molecule has 80 valence electrons. The molecule has 0 aliphatic heterocycles. The molecule has 14 heavy (non-hydrogen) atoms. The SMILES string of the molecule is CNC(CC(F)(F)F)c1ccc(Br)o1. The van der Waals surface area contributed by atoms with Gasteiger partial charge >= 0.3 is 6.18 Å². The largest absolute Gasteiger partial charge is 0.453 e. The van der Waals surface area contributed by atoms with Gasteiger partial charge in [-0.05, 0) is 35.1 Å². The Morgan fingerprint density at radius 2 is 2.14 bits per heavy atom. The summed E-state index contributed by atoms with van der Waals surface area (Å²) < 4.78 is 41.7. The van der Waals surface area contributed by atoms with Crippen molar-refractivity contribution in [1.82, 2.24) is 5.32 Å². The first-order chi connectivity index (χ1) is 6.42. The van der Waals surface area contributed by atoms with Crippen LogP contribution in [0.15, 0.2) is 21.2 Å². The normalized spacial score (nSPS) is 14.4. The van der Waals surface area contributed by atoms with Crippen LogP contribution < -0.4 is 5.32 Å². The second kappa shape index (κ2) is 4.35. The van der Waals surface area contributed by atoms with Crippen molar-refractivity contribution in [3.8, 4) is 0 Å². The Balaban J connectivity index is 2.72. The third kappa shape index (κ3) is 3.34. The molecule has 1 atom stereocenters. The van der Waals surface area contributed by atoms with Crippen LogP contribution in [0.1, 0.15) is 18.2 Å². The molecule has 1 aromatic heterocycles. The molecular formula is C8H9BrF3NO. The molecule has 0 radical (unpaired) electrons. The van der Waals surface area contributed by atoms with E-state index in [1.807, 2.05) is 0 Å². The van der Waals surface area contributed by atoms with E-state index >= 15 is 0 Å². The van der Waals surface area contributed by atoms with Crippen LogP contribution in [0.2, 0.25) is 0 Å². The fourth-order valence-electron chi connectivity index (χ4n) is 1.09. The molecule has 1 N–H and O–H groups in total. The molecule has 1 rings (SSSR count). The van der Waals surface area contributed by atoms with Gasteiger partial charge in [-0.2, -0.15) is 13.2 Å². The summed E-state index contributed by atoms with van der Waals surface area (Å²) in [5, 5.41) is 2.55. The number of hydrogen-bond donors (Lipinski definition) is 1. The van der Waals surface area contributed by atoms with E-state index in [-0.39, 0.29) is 5.76 Å². The molecule has 1 unspecified atom stereocenters. The van der Waals surface area contributed by atoms with E-state index in [1.165, 1.54) is 13.1 Å². The van der Waals surface area contributed by atoms with Gasteiger partial charge in [-0.1, -0.05) is 0 Å². The van der Waals surface area contributed by atoms with Crippen molar-refractivity contribution in [1.29, 1.82) is 0 Å². The second-order valence-corrected chi connectivity index (χ2v) is 3.58. The van der Waals surface area contributed by atoms with Gasteiger partial charge in [0.25, 0.3) is 0 Å². The Morgan fingerprint density at radius 1 is 1.50 bits per heavy atom. The lowest BCUT2D eigenvalue weighted by atomic mass is 10.1. The molecule has 1 aromatic rings. The predicted molar refractivity (Wildman–Crippen MR) is 48.9 cm³/mol. The van der Waals surface area contributed by atoms with Crippen LogP contribution in [0.25, 0.3) is 0 Å². The van der Waals surface area contributed by atoms with Gasteiger partial charge in [0.15, 0.2) is 4.67 Å². The maximum Gasteiger partial charge on any atom is 0.391 e. The Labute approximate surface area is 87.6 Å². The summed E-state index contributed by atoms with van der Waals surface area (Å²) in [6.45, 7) is 0. The lowest BCUT2D eigenvalue weighted by molar-refractivity contribution is -0.141. The zero-order valence-electron chi connectivity index (χ0n) is 7.36. The van der Waals surface area contributed by atoms with Crippen molar-refractivity contribution in [3.63, 3.8) is 0 Å². The fourth-order valence-corrected chi connectivity index (χ4v) is 1.41. The Bertz CT molecular complexity index is 297. The van der Waals surface area contributed by atoms with Crippen molar-refractivity contribution in [2.45, 2.75) is 18.6 Å². The molecular weight excluding hydrogens is 263 g/mol. The van der Waals surface area contributed by atoms with Crippen molar-refractivity contribution >= 4 is 15.9 Å². The summed E-state index contributed by atoms with van der Waals surface area (Å²) in [5.74, 6) is 0.275. The second-order valence-electron chi connectivity index (χ2n) is 2.80. The number of halogens is 4. The standard InChI is InChI=1S/C8H9BrF3NO/c1-13-5(4-8(10,11)12)6-2-3-7(9)14-6/h2-3,5,13H,4H2,1H3. The van der Waals surface area contributed by atoms with Crippen LogP contribution in [0.4, 0.5) is 13.2 Å². The zero-order valence-corrected chi connectivity index (χ0v) is 8.95. The maximum atomic E-state index is 12.1. The van der Waals surface area contributed by atoms with E-state index in [2.05, 4.69) is 21.2 Å². The van der Waals surface area contributed by atoms with Crippen LogP contribution in [0.3, 0.4) is 0 Å². The van der Waals surface area contributed by atoms with Gasteiger partial charge in [0.2, 0.25) is 0 Å². The molecule has 0 spiro atoms. The summed E-state index contributed by atoms with van der Waals surface area (Å²) >= 11 is 3.03. The van der Waals surface area contributed by atoms with E-state index in [1.54, 1.807) is 6.07 Å². The van der Waals surface area contributed by atoms with Crippen LogP contribution in [0, 0.1) is 0 Å². The third-order valence-corrected chi connectivity index (χ3v) is 2.15. The first-order valence-electron chi connectivity index (χ1n) is 3.91. The summed E-state index contributed by atoms with van der Waals surface area (Å²) in [6, 6.07) is 2.24. The van der Waals surface area contributed by atoms with Gasteiger partial charge < -0.3 is 9.73 Å². The first kappa shape index (κ1) is 11.6. The molecule has 0 fully saturated rings. The van der Waals surface area contributed by atoms with Crippen LogP contribution in [0.5, 0.6) is 0 Å². The summed E-state index contributed by atoms with van der Waals surface area (Å²) in [7, 11) is 1.47. The van der Waals surface area contributed by atoms with E-state index < -0.39 is 18.6 Å². The molecule has 0 amide bonds. The molecule has 6 heteroatoms. The monoisotopic (exact) mass is 271 g/mol. The lowest BCUT2D eigenvalue weighted by Crippen LogP contribution is -2.23. The summed E-state index contributed by atoms with van der Waals surface area (Å²) in [4.78, 5) is 0. The smallest absolute Gasteiger partial charge is 0.391 e. The molecule has 0 saturated carbocycles. The maximum absolute atomic E-state index is 12.1. The van der Waals surface area contributed by atoms with Crippen molar-refractivity contribution < 1.29 is 17.6 Å². The van der Waals surface area contributed by atoms with Gasteiger partial charge in [0.05, 0.1) is 12.5 Å². The van der Waals surface area contributed by atoms with E-state index in [4.69, 9.17) is 4.42 Å². The van der Waals surface area contributed by atoms with Crippen LogP contribution >= 0.6 is 15.9 Å². The van der Waals surface area contributed by atoms with Crippen molar-refractivity contribution in [3.05, 3.63) is 22.6 Å². The van der Waals surface area contributed by atoms with E-state index in [0.29, 0.717) is 4.67 Å². The first-order valence-corrected chi connectivity index (χ1v) is 4.71. The number of rotatable bonds is 3. The van der Waals surface area contributed by atoms with E-state index in [0.717, 1.165) is 0 Å². The highest BCUT2D eigenvalue weighted by Gasteiger charge is 2.33. The fraction of sp³-hybridized carbons (Fsp3) is 0.500. The number of hydrogen-bond acceptors (Lipinski definition) is 2. The van der Waals surface area contributed by atoms with E-state index in [9.17, 15) is 13.2 Å². The highest BCUT2D eigenvalue weighted by Crippen LogP contribution is 2.30. The lowest BCUT2D eigenvalue weighted by Gasteiger charge is -2.15. The number of furan rings is 1. The van der Waals surface area contributed by atoms with Gasteiger partial charge in [-0.15, -0.1) is 0 Å². The summed E-state index contributed by atoms with van der Waals surface area (Å²) in [6.07, 6.45) is -5.14. The minimum Gasteiger partial charge on any atom is -0.453 e. The van der Waals surface area contributed by atoms with Gasteiger partial charge in [-0.3, -0.25) is 0 Å². The van der Waals surface area contributed by atoms with Gasteiger partial charge in [0.1, 0.15) is 5.76 Å². The highest BCUT2D eigenvalue weighted by atomic mass is 79.9. The number of nitrogens with one attached hydrogen (secondary N) is 1.